The molecule has 0 bridgehead atoms. The summed E-state index contributed by atoms with van der Waals surface area (Å²) in [6.07, 6.45) is 5.65. The summed E-state index contributed by atoms with van der Waals surface area (Å²) in [5.74, 6) is -0.368. The number of nitrogens with zero attached hydrogens (tertiary/aromatic N) is 2. The lowest BCUT2D eigenvalue weighted by Crippen LogP contribution is -2.00. The molecule has 2 aromatic heterocycles. The van der Waals surface area contributed by atoms with E-state index in [0.717, 1.165) is 11.4 Å². The van der Waals surface area contributed by atoms with Gasteiger partial charge in [-0.25, -0.2) is 9.78 Å². The maximum absolute atomic E-state index is 11.3. The third-order valence-corrected chi connectivity index (χ3v) is 3.11. The maximum atomic E-state index is 11.3. The Labute approximate surface area is 107 Å². The highest BCUT2D eigenvalue weighted by molar-refractivity contribution is 7.15. The molecule has 0 N–H and O–H groups in total. The number of aromatic nitrogens is 2. The van der Waals surface area contributed by atoms with E-state index >= 15 is 0 Å². The highest BCUT2D eigenvalue weighted by Crippen LogP contribution is 2.22. The van der Waals surface area contributed by atoms with Crippen molar-refractivity contribution < 1.29 is 9.53 Å². The molecule has 0 aliphatic carbocycles. The van der Waals surface area contributed by atoms with Crippen molar-refractivity contribution in [1.82, 2.24) is 9.38 Å². The van der Waals surface area contributed by atoms with Gasteiger partial charge in [-0.15, -0.1) is 11.3 Å². The molecule has 0 amide bonds. The van der Waals surface area contributed by atoms with E-state index in [2.05, 4.69) is 4.98 Å². The maximum Gasteiger partial charge on any atom is 0.330 e. The van der Waals surface area contributed by atoms with Crippen LogP contribution in [0.1, 0.15) is 19.0 Å². The summed E-state index contributed by atoms with van der Waals surface area (Å²) in [6.45, 7) is 2.37. The number of rotatable bonds is 4. The number of halogens is 1. The predicted molar refractivity (Wildman–Crippen MR) is 68.4 cm³/mol. The largest absolute Gasteiger partial charge is 0.463 e. The first-order valence-corrected chi connectivity index (χ1v) is 6.44. The zero-order valence-electron chi connectivity index (χ0n) is 9.22. The van der Waals surface area contributed by atoms with Crippen molar-refractivity contribution in [2.24, 2.45) is 0 Å². The van der Waals surface area contributed by atoms with Crippen LogP contribution in [0, 0.1) is 0 Å². The van der Waals surface area contributed by atoms with Crippen LogP contribution in [0.15, 0.2) is 17.7 Å². The Hall–Kier alpha value is -1.33. The second-order valence-corrected chi connectivity index (χ2v) is 4.58. The van der Waals surface area contributed by atoms with Crippen molar-refractivity contribution in [3.8, 4) is 0 Å². The van der Waals surface area contributed by atoms with Crippen molar-refractivity contribution in [2.75, 3.05) is 6.61 Å². The molecule has 0 radical (unpaired) electrons. The third kappa shape index (κ3) is 2.68. The van der Waals surface area contributed by atoms with Gasteiger partial charge in [-0.05, 0) is 12.5 Å². The average molecular weight is 271 g/mol. The van der Waals surface area contributed by atoms with Crippen LogP contribution in [0.2, 0.25) is 5.15 Å². The first-order valence-electron chi connectivity index (χ1n) is 5.18. The fraction of sp³-hybridized carbons (Fsp3) is 0.273. The molecule has 0 aromatic carbocycles. The first kappa shape index (κ1) is 12.1. The quantitative estimate of drug-likeness (QED) is 0.634. The molecule has 90 valence electrons. The van der Waals surface area contributed by atoms with Crippen molar-refractivity contribution in [3.05, 3.63) is 28.5 Å². The number of esters is 1. The van der Waals surface area contributed by atoms with Crippen LogP contribution in [0.5, 0.6) is 0 Å². The van der Waals surface area contributed by atoms with Crippen LogP contribution in [-0.4, -0.2) is 22.0 Å². The van der Waals surface area contributed by atoms with Gasteiger partial charge in [0.25, 0.3) is 0 Å². The van der Waals surface area contributed by atoms with E-state index in [1.165, 1.54) is 17.4 Å². The second kappa shape index (κ2) is 5.33. The summed E-state index contributed by atoms with van der Waals surface area (Å²) in [5, 5.41) is 2.29. The van der Waals surface area contributed by atoms with Gasteiger partial charge in [-0.2, -0.15) is 0 Å². The number of carbonyl (C=O) groups is 1. The van der Waals surface area contributed by atoms with Gasteiger partial charge in [0.15, 0.2) is 10.1 Å². The van der Waals surface area contributed by atoms with Gasteiger partial charge in [0.05, 0.1) is 12.3 Å². The molecule has 17 heavy (non-hydrogen) atoms. The summed E-state index contributed by atoms with van der Waals surface area (Å²) in [7, 11) is 0. The van der Waals surface area contributed by atoms with E-state index in [1.54, 1.807) is 6.08 Å². The van der Waals surface area contributed by atoms with E-state index in [9.17, 15) is 4.79 Å². The Morgan fingerprint density at radius 2 is 2.53 bits per heavy atom. The minimum absolute atomic E-state index is 0.368. The number of thiazole rings is 1. The molecule has 2 aromatic rings. The molecular weight excluding hydrogens is 260 g/mol. The van der Waals surface area contributed by atoms with E-state index in [1.807, 2.05) is 22.9 Å². The van der Waals surface area contributed by atoms with Gasteiger partial charge in [0.2, 0.25) is 0 Å². The first-order chi connectivity index (χ1) is 8.22. The van der Waals surface area contributed by atoms with Crippen LogP contribution in [0.3, 0.4) is 0 Å². The zero-order valence-corrected chi connectivity index (χ0v) is 10.8. The Balaban J connectivity index is 2.17. The molecule has 0 aliphatic rings. The summed E-state index contributed by atoms with van der Waals surface area (Å²) in [6, 6.07) is 0. The van der Waals surface area contributed by atoms with Gasteiger partial charge in [0, 0.05) is 17.7 Å². The van der Waals surface area contributed by atoms with Crippen molar-refractivity contribution in [2.45, 2.75) is 13.3 Å². The van der Waals surface area contributed by atoms with Gasteiger partial charge < -0.3 is 4.74 Å². The monoisotopic (exact) mass is 270 g/mol. The molecule has 0 unspecified atom stereocenters. The number of fused-ring (bicyclic) bond motifs is 1. The van der Waals surface area contributed by atoms with E-state index in [-0.39, 0.29) is 5.97 Å². The summed E-state index contributed by atoms with van der Waals surface area (Å²) >= 11 is 7.46. The minimum Gasteiger partial charge on any atom is -0.463 e. The lowest BCUT2D eigenvalue weighted by atomic mass is 10.4. The lowest BCUT2D eigenvalue weighted by molar-refractivity contribution is -0.137. The van der Waals surface area contributed by atoms with Crippen LogP contribution in [-0.2, 0) is 9.53 Å². The normalized spacial score (nSPS) is 11.4. The number of hydrogen-bond acceptors (Lipinski definition) is 4. The molecule has 0 fully saturated rings. The zero-order chi connectivity index (χ0) is 12.3. The average Bonchev–Trinajstić information content (AvgIpc) is 2.84. The highest BCUT2D eigenvalue weighted by Gasteiger charge is 2.08. The predicted octanol–water partition coefficient (Wildman–Crippen LogP) is 3.02. The van der Waals surface area contributed by atoms with E-state index < -0.39 is 0 Å². The number of carbonyl (C=O) groups excluding carboxylic acids is 1. The van der Waals surface area contributed by atoms with Crippen LogP contribution in [0.25, 0.3) is 11.0 Å². The smallest absolute Gasteiger partial charge is 0.330 e. The topological polar surface area (TPSA) is 43.6 Å². The van der Waals surface area contributed by atoms with Gasteiger partial charge in [-0.1, -0.05) is 18.5 Å². The van der Waals surface area contributed by atoms with Crippen LogP contribution < -0.4 is 0 Å². The van der Waals surface area contributed by atoms with E-state index in [4.69, 9.17) is 16.3 Å². The Morgan fingerprint density at radius 1 is 1.71 bits per heavy atom. The molecule has 0 aliphatic heterocycles. The Morgan fingerprint density at radius 3 is 3.29 bits per heavy atom. The number of imidazole rings is 1. The van der Waals surface area contributed by atoms with Gasteiger partial charge in [-0.3, -0.25) is 4.40 Å². The Bertz CT molecular complexity index is 559. The van der Waals surface area contributed by atoms with Gasteiger partial charge >= 0.3 is 5.97 Å². The molecule has 6 heteroatoms. The van der Waals surface area contributed by atoms with Crippen molar-refractivity contribution in [1.29, 1.82) is 0 Å². The van der Waals surface area contributed by atoms with Crippen LogP contribution >= 0.6 is 22.9 Å². The second-order valence-electron chi connectivity index (χ2n) is 3.34. The van der Waals surface area contributed by atoms with Crippen molar-refractivity contribution >= 4 is 39.9 Å². The molecule has 4 nitrogen and oxygen atoms in total. The molecule has 0 spiro atoms. The lowest BCUT2D eigenvalue weighted by Gasteiger charge is -1.97. The molecule has 0 atom stereocenters. The fourth-order valence-corrected chi connectivity index (χ4v) is 2.33. The highest BCUT2D eigenvalue weighted by atomic mass is 35.5. The van der Waals surface area contributed by atoms with E-state index in [0.29, 0.717) is 17.5 Å². The standard InChI is InChI=1S/C11H11ClN2O2S/c1-2-6-16-9(15)4-3-8-10(12)13-11-14(8)5-7-17-11/h3-5,7H,2,6H2,1H3. The SMILES string of the molecule is CCCOC(=O)C=Cc1c(Cl)nc2sccn12. The van der Waals surface area contributed by atoms with Gasteiger partial charge in [0.1, 0.15) is 0 Å². The fourth-order valence-electron chi connectivity index (χ4n) is 1.32. The van der Waals surface area contributed by atoms with Crippen molar-refractivity contribution in [3.63, 3.8) is 0 Å². The summed E-state index contributed by atoms with van der Waals surface area (Å²) < 4.78 is 6.76. The molecule has 2 rings (SSSR count). The summed E-state index contributed by atoms with van der Waals surface area (Å²) in [5.41, 5.74) is 0.691. The summed E-state index contributed by atoms with van der Waals surface area (Å²) in [4.78, 5) is 16.3. The third-order valence-electron chi connectivity index (χ3n) is 2.08. The molecule has 0 saturated heterocycles. The molecule has 0 saturated carbocycles. The Kier molecular flexibility index (Phi) is 3.81. The molecule has 2 heterocycles. The minimum atomic E-state index is -0.368. The van der Waals surface area contributed by atoms with Crippen LogP contribution in [0.4, 0.5) is 0 Å². The molecular formula is C11H11ClN2O2S. The number of hydrogen-bond donors (Lipinski definition) is 0. The number of ether oxygens (including phenoxy) is 1.